The van der Waals surface area contributed by atoms with Gasteiger partial charge < -0.3 is 10.1 Å². The normalized spacial score (nSPS) is 13.6. The van der Waals surface area contributed by atoms with Crippen molar-refractivity contribution < 1.29 is 28.8 Å². The molecule has 1 atom stereocenters. The number of nitro benzene ring substituents is 1. The van der Waals surface area contributed by atoms with Gasteiger partial charge in [-0.15, -0.1) is 0 Å². The van der Waals surface area contributed by atoms with E-state index in [0.717, 1.165) is 4.90 Å². The highest BCUT2D eigenvalue weighted by Crippen LogP contribution is 2.24. The number of ether oxygens (including phenoxy) is 1. The second-order valence-corrected chi connectivity index (χ2v) is 6.14. The van der Waals surface area contributed by atoms with E-state index in [-0.39, 0.29) is 22.5 Å². The summed E-state index contributed by atoms with van der Waals surface area (Å²) in [7, 11) is 0. The molecule has 0 aromatic heterocycles. The maximum atomic E-state index is 12.3. The molecule has 1 aliphatic rings. The van der Waals surface area contributed by atoms with E-state index in [4.69, 9.17) is 4.74 Å². The lowest BCUT2D eigenvalue weighted by atomic mass is 10.1. The monoisotopic (exact) mass is 397 g/mol. The van der Waals surface area contributed by atoms with Crippen molar-refractivity contribution in [1.29, 1.82) is 0 Å². The van der Waals surface area contributed by atoms with Crippen molar-refractivity contribution in [3.63, 3.8) is 0 Å². The number of hydrogen-bond donors (Lipinski definition) is 1. The number of carbonyl (C=O) groups is 4. The number of carbonyl (C=O) groups excluding carboxylic acids is 4. The summed E-state index contributed by atoms with van der Waals surface area (Å²) >= 11 is 0. The molecule has 1 heterocycles. The van der Waals surface area contributed by atoms with E-state index in [1.807, 2.05) is 0 Å². The van der Waals surface area contributed by atoms with Gasteiger partial charge in [-0.2, -0.15) is 0 Å². The summed E-state index contributed by atoms with van der Waals surface area (Å²) in [5, 5.41) is 13.3. The van der Waals surface area contributed by atoms with Gasteiger partial charge in [-0.1, -0.05) is 24.3 Å². The number of esters is 1. The number of nitrogens with zero attached hydrogens (tertiary/aromatic N) is 2. The number of hydrogen-bond acceptors (Lipinski definition) is 7. The van der Waals surface area contributed by atoms with E-state index >= 15 is 0 Å². The number of nitrogens with one attached hydrogen (secondary N) is 1. The lowest BCUT2D eigenvalue weighted by Crippen LogP contribution is -2.38. The van der Waals surface area contributed by atoms with Crippen molar-refractivity contribution in [2.75, 3.05) is 11.9 Å². The summed E-state index contributed by atoms with van der Waals surface area (Å²) in [5.74, 6) is -3.01. The van der Waals surface area contributed by atoms with E-state index < -0.39 is 41.3 Å². The number of rotatable bonds is 6. The first-order valence-corrected chi connectivity index (χ1v) is 8.48. The Labute approximate surface area is 164 Å². The van der Waals surface area contributed by atoms with Crippen LogP contribution in [0.5, 0.6) is 0 Å². The van der Waals surface area contributed by atoms with Gasteiger partial charge in [0.1, 0.15) is 12.2 Å². The van der Waals surface area contributed by atoms with E-state index in [0.29, 0.717) is 0 Å². The summed E-state index contributed by atoms with van der Waals surface area (Å²) in [6.07, 6.45) is -1.31. The van der Waals surface area contributed by atoms with Gasteiger partial charge in [0.2, 0.25) is 0 Å². The van der Waals surface area contributed by atoms with Gasteiger partial charge in [0.25, 0.3) is 23.4 Å². The minimum atomic E-state index is -1.31. The molecule has 3 rings (SSSR count). The minimum Gasteiger partial charge on any atom is -0.451 e. The van der Waals surface area contributed by atoms with Gasteiger partial charge in [0, 0.05) is 6.07 Å². The molecule has 0 radical (unpaired) electrons. The highest BCUT2D eigenvalue weighted by molar-refractivity contribution is 6.22. The van der Waals surface area contributed by atoms with Crippen LogP contribution in [0.1, 0.15) is 27.6 Å². The third-order valence-corrected chi connectivity index (χ3v) is 4.20. The first-order valence-electron chi connectivity index (χ1n) is 8.48. The zero-order valence-corrected chi connectivity index (χ0v) is 15.2. The third-order valence-electron chi connectivity index (χ3n) is 4.20. The largest absolute Gasteiger partial charge is 0.451 e. The number of nitro groups is 1. The van der Waals surface area contributed by atoms with Crippen LogP contribution in [0.15, 0.2) is 48.5 Å². The topological polar surface area (TPSA) is 136 Å². The van der Waals surface area contributed by atoms with Crippen LogP contribution in [0.2, 0.25) is 0 Å². The molecule has 10 nitrogen and oxygen atoms in total. The Morgan fingerprint density at radius 2 is 1.62 bits per heavy atom. The van der Waals surface area contributed by atoms with Gasteiger partial charge in [0.15, 0.2) is 6.10 Å². The van der Waals surface area contributed by atoms with Crippen LogP contribution in [0.3, 0.4) is 0 Å². The molecule has 0 unspecified atom stereocenters. The third kappa shape index (κ3) is 3.95. The van der Waals surface area contributed by atoms with Gasteiger partial charge in [0.05, 0.1) is 16.1 Å². The van der Waals surface area contributed by atoms with Crippen LogP contribution in [-0.4, -0.2) is 46.2 Å². The molecule has 0 bridgehead atoms. The summed E-state index contributed by atoms with van der Waals surface area (Å²) in [4.78, 5) is 59.9. The van der Waals surface area contributed by atoms with Crippen molar-refractivity contribution in [1.82, 2.24) is 4.90 Å². The Morgan fingerprint density at radius 1 is 1.07 bits per heavy atom. The Kier molecular flexibility index (Phi) is 5.35. The highest BCUT2D eigenvalue weighted by atomic mass is 16.6. The summed E-state index contributed by atoms with van der Waals surface area (Å²) < 4.78 is 4.98. The molecular weight excluding hydrogens is 382 g/mol. The predicted molar refractivity (Wildman–Crippen MR) is 99.1 cm³/mol. The van der Waals surface area contributed by atoms with Crippen molar-refractivity contribution in [2.24, 2.45) is 0 Å². The van der Waals surface area contributed by atoms with Crippen LogP contribution in [-0.2, 0) is 14.3 Å². The van der Waals surface area contributed by atoms with E-state index in [1.54, 1.807) is 12.1 Å². The zero-order chi connectivity index (χ0) is 21.1. The van der Waals surface area contributed by atoms with E-state index in [9.17, 15) is 29.3 Å². The van der Waals surface area contributed by atoms with E-state index in [1.165, 1.54) is 43.3 Å². The molecular formula is C19H15N3O7. The Balaban J connectivity index is 1.61. The number of anilines is 1. The molecule has 10 heteroatoms. The Morgan fingerprint density at radius 3 is 2.21 bits per heavy atom. The number of imide groups is 1. The smallest absolute Gasteiger partial charge is 0.326 e. The molecule has 2 aromatic rings. The van der Waals surface area contributed by atoms with Gasteiger partial charge in [-0.05, 0) is 25.1 Å². The quantitative estimate of drug-likeness (QED) is 0.339. The zero-order valence-electron chi connectivity index (χ0n) is 15.2. The van der Waals surface area contributed by atoms with Crippen LogP contribution in [0, 0.1) is 10.1 Å². The standard InChI is InChI=1S/C19H15N3O7/c1-11(17(24)20-14-8-4-5-9-15(14)22(27)28)29-16(23)10-21-18(25)12-6-2-3-7-13(12)19(21)26/h2-9,11H,10H2,1H3,(H,20,24)/t11-/m1/s1. The molecule has 0 saturated heterocycles. The molecule has 0 fully saturated rings. The first kappa shape index (κ1) is 19.7. The molecule has 29 heavy (non-hydrogen) atoms. The summed E-state index contributed by atoms with van der Waals surface area (Å²) in [6, 6.07) is 11.6. The maximum absolute atomic E-state index is 12.3. The number of benzene rings is 2. The van der Waals surface area contributed by atoms with Crippen molar-refractivity contribution >= 4 is 35.1 Å². The van der Waals surface area contributed by atoms with Crippen molar-refractivity contribution in [2.45, 2.75) is 13.0 Å². The molecule has 1 N–H and O–H groups in total. The van der Waals surface area contributed by atoms with Gasteiger partial charge >= 0.3 is 5.97 Å². The molecule has 1 aliphatic heterocycles. The van der Waals surface area contributed by atoms with Crippen LogP contribution < -0.4 is 5.32 Å². The summed E-state index contributed by atoms with van der Waals surface area (Å²) in [6.45, 7) is 0.611. The lowest BCUT2D eigenvalue weighted by Gasteiger charge is -2.16. The predicted octanol–water partition coefficient (Wildman–Crippen LogP) is 1.76. The van der Waals surface area contributed by atoms with Crippen LogP contribution >= 0.6 is 0 Å². The fraction of sp³-hybridized carbons (Fsp3) is 0.158. The SMILES string of the molecule is C[C@@H](OC(=O)CN1C(=O)c2ccccc2C1=O)C(=O)Nc1ccccc1[N+](=O)[O-]. The second-order valence-electron chi connectivity index (χ2n) is 6.14. The lowest BCUT2D eigenvalue weighted by molar-refractivity contribution is -0.383. The molecule has 0 spiro atoms. The fourth-order valence-electron chi connectivity index (χ4n) is 2.77. The molecule has 0 aliphatic carbocycles. The highest BCUT2D eigenvalue weighted by Gasteiger charge is 2.37. The van der Waals surface area contributed by atoms with Crippen LogP contribution in [0.4, 0.5) is 11.4 Å². The average Bonchev–Trinajstić information content (AvgIpc) is 2.93. The molecule has 2 aromatic carbocycles. The second kappa shape index (κ2) is 7.89. The van der Waals surface area contributed by atoms with Crippen molar-refractivity contribution in [3.05, 3.63) is 69.8 Å². The van der Waals surface area contributed by atoms with Crippen LogP contribution in [0.25, 0.3) is 0 Å². The Bertz CT molecular complexity index is 999. The van der Waals surface area contributed by atoms with Crippen molar-refractivity contribution in [3.8, 4) is 0 Å². The number of amides is 3. The number of para-hydroxylation sites is 2. The first-order chi connectivity index (χ1) is 13.8. The number of fused-ring (bicyclic) bond motifs is 1. The average molecular weight is 397 g/mol. The van der Waals surface area contributed by atoms with Gasteiger partial charge in [-0.3, -0.25) is 34.2 Å². The minimum absolute atomic E-state index is 0.0502. The molecule has 148 valence electrons. The maximum Gasteiger partial charge on any atom is 0.326 e. The Hall–Kier alpha value is -4.08. The fourth-order valence-corrected chi connectivity index (χ4v) is 2.77. The van der Waals surface area contributed by atoms with E-state index in [2.05, 4.69) is 5.32 Å². The molecule has 3 amide bonds. The summed E-state index contributed by atoms with van der Waals surface area (Å²) in [5.41, 5.74) is 0.0103. The van der Waals surface area contributed by atoms with Gasteiger partial charge in [-0.25, -0.2) is 0 Å². The molecule has 0 saturated carbocycles.